The van der Waals surface area contributed by atoms with Crippen molar-refractivity contribution in [2.75, 3.05) is 31.5 Å². The molecule has 0 aliphatic carbocycles. The van der Waals surface area contributed by atoms with E-state index in [2.05, 4.69) is 10.2 Å². The molecule has 0 bridgehead atoms. The first kappa shape index (κ1) is 20.2. The molecule has 0 aromatic heterocycles. The summed E-state index contributed by atoms with van der Waals surface area (Å²) in [5.41, 5.74) is 2.14. The van der Waals surface area contributed by atoms with Crippen molar-refractivity contribution in [3.05, 3.63) is 54.1 Å². The molecule has 1 amide bonds. The van der Waals surface area contributed by atoms with Crippen LogP contribution in [0, 0.1) is 0 Å². The molecule has 2 saturated heterocycles. The number of carbonyl (C=O) groups is 1. The quantitative estimate of drug-likeness (QED) is 0.667. The summed E-state index contributed by atoms with van der Waals surface area (Å²) in [5, 5.41) is 3.27. The third-order valence-electron chi connectivity index (χ3n) is 5.62. The van der Waals surface area contributed by atoms with Crippen LogP contribution in [0.25, 0.3) is 0 Å². The Bertz CT molecular complexity index is 840. The highest BCUT2D eigenvalue weighted by atomic mass is 32.2. The predicted molar refractivity (Wildman–Crippen MR) is 113 cm³/mol. The number of benzene rings is 2. The highest BCUT2D eigenvalue weighted by Crippen LogP contribution is 2.29. The van der Waals surface area contributed by atoms with Crippen LogP contribution in [0.1, 0.15) is 29.6 Å². The number of nitrogens with one attached hydrogen (secondary N) is 1. The molecule has 1 unspecified atom stereocenters. The van der Waals surface area contributed by atoms with Gasteiger partial charge in [0.1, 0.15) is 0 Å². The summed E-state index contributed by atoms with van der Waals surface area (Å²) in [7, 11) is 0. The van der Waals surface area contributed by atoms with E-state index in [0.29, 0.717) is 28.3 Å². The third-order valence-corrected chi connectivity index (χ3v) is 6.35. The van der Waals surface area contributed by atoms with Gasteiger partial charge in [0.15, 0.2) is 0 Å². The number of rotatable bonds is 6. The molecule has 7 heteroatoms. The molecule has 0 spiro atoms. The van der Waals surface area contributed by atoms with E-state index >= 15 is 0 Å². The minimum absolute atomic E-state index is 0.0414. The van der Waals surface area contributed by atoms with Crippen molar-refractivity contribution < 1.29 is 13.6 Å². The van der Waals surface area contributed by atoms with Gasteiger partial charge < -0.3 is 10.2 Å². The van der Waals surface area contributed by atoms with Crippen LogP contribution >= 0.6 is 11.8 Å². The number of amides is 1. The Balaban J connectivity index is 1.44. The lowest BCUT2D eigenvalue weighted by Gasteiger charge is -2.24. The Hall–Kier alpha value is -2.12. The van der Waals surface area contributed by atoms with E-state index in [-0.39, 0.29) is 5.91 Å². The Morgan fingerprint density at radius 2 is 1.76 bits per heavy atom. The van der Waals surface area contributed by atoms with Gasteiger partial charge in [0.25, 0.3) is 11.7 Å². The second-order valence-corrected chi connectivity index (χ2v) is 8.57. The number of alkyl halides is 2. The fraction of sp³-hybridized carbons (Fsp3) is 0.409. The summed E-state index contributed by atoms with van der Waals surface area (Å²) in [6, 6.07) is 14.8. The van der Waals surface area contributed by atoms with Crippen molar-refractivity contribution in [1.82, 2.24) is 9.80 Å². The van der Waals surface area contributed by atoms with Crippen LogP contribution in [-0.2, 0) is 0 Å². The largest absolute Gasteiger partial charge is 0.355 e. The summed E-state index contributed by atoms with van der Waals surface area (Å²) in [4.78, 5) is 18.1. The number of thioether (sulfide) groups is 1. The minimum atomic E-state index is -2.43. The lowest BCUT2D eigenvalue weighted by molar-refractivity contribution is 0.0781. The van der Waals surface area contributed by atoms with Gasteiger partial charge in [0, 0.05) is 29.7 Å². The maximum absolute atomic E-state index is 13.2. The molecule has 2 heterocycles. The third kappa shape index (κ3) is 4.90. The van der Waals surface area contributed by atoms with Crippen molar-refractivity contribution in [1.29, 1.82) is 0 Å². The molecule has 2 aliphatic rings. The monoisotopic (exact) mass is 417 g/mol. The van der Waals surface area contributed by atoms with E-state index < -0.39 is 5.76 Å². The molecule has 0 radical (unpaired) electrons. The zero-order valence-corrected chi connectivity index (χ0v) is 17.0. The van der Waals surface area contributed by atoms with E-state index in [0.717, 1.165) is 44.0 Å². The highest BCUT2D eigenvalue weighted by molar-refractivity contribution is 7.99. The van der Waals surface area contributed by atoms with Gasteiger partial charge in [0.2, 0.25) is 0 Å². The summed E-state index contributed by atoms with van der Waals surface area (Å²) in [5.74, 6) is -2.39. The SMILES string of the molecule is O=C(c1ccccc1Nc1ccc(SC(F)F)cc1)N1CCC(N2CCCC2)C1. The first-order valence-electron chi connectivity index (χ1n) is 10.0. The van der Waals surface area contributed by atoms with Crippen LogP contribution in [0.15, 0.2) is 53.4 Å². The van der Waals surface area contributed by atoms with Crippen molar-refractivity contribution in [2.24, 2.45) is 0 Å². The van der Waals surface area contributed by atoms with E-state index in [9.17, 15) is 13.6 Å². The second kappa shape index (κ2) is 9.13. The Kier molecular flexibility index (Phi) is 6.35. The fourth-order valence-electron chi connectivity index (χ4n) is 4.16. The van der Waals surface area contributed by atoms with Gasteiger partial charge in [-0.05, 0) is 68.8 Å². The Morgan fingerprint density at radius 1 is 1.03 bits per heavy atom. The predicted octanol–water partition coefficient (Wildman–Crippen LogP) is 5.06. The lowest BCUT2D eigenvalue weighted by Crippen LogP contribution is -2.37. The van der Waals surface area contributed by atoms with Crippen molar-refractivity contribution >= 4 is 29.0 Å². The summed E-state index contributed by atoms with van der Waals surface area (Å²) < 4.78 is 25.0. The average molecular weight is 418 g/mol. The van der Waals surface area contributed by atoms with Crippen LogP contribution in [0.5, 0.6) is 0 Å². The number of likely N-dealkylation sites (tertiary alicyclic amines) is 2. The molecule has 4 nitrogen and oxygen atoms in total. The van der Waals surface area contributed by atoms with Crippen molar-refractivity contribution in [3.8, 4) is 0 Å². The van der Waals surface area contributed by atoms with E-state index in [1.54, 1.807) is 24.3 Å². The molecule has 2 aromatic carbocycles. The molecule has 2 aromatic rings. The number of halogens is 2. The molecule has 1 N–H and O–H groups in total. The summed E-state index contributed by atoms with van der Waals surface area (Å²) in [6.45, 7) is 3.86. The molecular weight excluding hydrogens is 392 g/mol. The van der Waals surface area contributed by atoms with E-state index in [1.807, 2.05) is 29.2 Å². The average Bonchev–Trinajstić information content (AvgIpc) is 3.41. The van der Waals surface area contributed by atoms with Gasteiger partial charge >= 0.3 is 0 Å². The Morgan fingerprint density at radius 3 is 2.48 bits per heavy atom. The van der Waals surface area contributed by atoms with Crippen LogP contribution in [0.3, 0.4) is 0 Å². The maximum atomic E-state index is 13.2. The minimum Gasteiger partial charge on any atom is -0.355 e. The fourth-order valence-corrected chi connectivity index (χ4v) is 4.65. The number of hydrogen-bond acceptors (Lipinski definition) is 4. The molecule has 154 valence electrons. The Labute approximate surface area is 174 Å². The molecule has 2 fully saturated rings. The van der Waals surface area contributed by atoms with Gasteiger partial charge in [-0.1, -0.05) is 23.9 Å². The van der Waals surface area contributed by atoms with Crippen LogP contribution in [0.4, 0.5) is 20.2 Å². The molecule has 1 atom stereocenters. The summed E-state index contributed by atoms with van der Waals surface area (Å²) >= 11 is 0.523. The molecule has 0 saturated carbocycles. The summed E-state index contributed by atoms with van der Waals surface area (Å²) in [6.07, 6.45) is 3.54. The number of carbonyl (C=O) groups excluding carboxylic acids is 1. The molecule has 29 heavy (non-hydrogen) atoms. The molecule has 2 aliphatic heterocycles. The number of nitrogens with zero attached hydrogens (tertiary/aromatic N) is 2. The van der Waals surface area contributed by atoms with Gasteiger partial charge in [-0.2, -0.15) is 8.78 Å². The maximum Gasteiger partial charge on any atom is 0.288 e. The van der Waals surface area contributed by atoms with Gasteiger partial charge in [-0.3, -0.25) is 9.69 Å². The smallest absolute Gasteiger partial charge is 0.288 e. The van der Waals surface area contributed by atoms with Crippen LogP contribution in [-0.4, -0.2) is 53.7 Å². The second-order valence-electron chi connectivity index (χ2n) is 7.51. The highest BCUT2D eigenvalue weighted by Gasteiger charge is 2.32. The zero-order chi connectivity index (χ0) is 20.2. The van der Waals surface area contributed by atoms with Gasteiger partial charge in [-0.25, -0.2) is 0 Å². The first-order valence-corrected chi connectivity index (χ1v) is 10.9. The van der Waals surface area contributed by atoms with Crippen molar-refractivity contribution in [3.63, 3.8) is 0 Å². The van der Waals surface area contributed by atoms with E-state index in [4.69, 9.17) is 0 Å². The van der Waals surface area contributed by atoms with Crippen LogP contribution in [0.2, 0.25) is 0 Å². The van der Waals surface area contributed by atoms with Gasteiger partial charge in [0.05, 0.1) is 11.3 Å². The van der Waals surface area contributed by atoms with E-state index in [1.165, 1.54) is 12.8 Å². The molecule has 4 rings (SSSR count). The first-order chi connectivity index (χ1) is 14.1. The van der Waals surface area contributed by atoms with Gasteiger partial charge in [-0.15, -0.1) is 0 Å². The zero-order valence-electron chi connectivity index (χ0n) is 16.2. The standard InChI is InChI=1S/C22H25F2N3OS/c23-22(24)29-18-9-7-16(8-10-18)25-20-6-2-1-5-19(20)21(28)27-14-11-17(15-27)26-12-3-4-13-26/h1-2,5-10,17,22,25H,3-4,11-15H2. The van der Waals surface area contributed by atoms with Crippen molar-refractivity contribution in [2.45, 2.75) is 36.0 Å². The van der Waals surface area contributed by atoms with Crippen LogP contribution < -0.4 is 5.32 Å². The molecular formula is C22H25F2N3OS. The number of para-hydroxylation sites is 1. The number of hydrogen-bond donors (Lipinski definition) is 1. The topological polar surface area (TPSA) is 35.6 Å². The normalized spacial score (nSPS) is 19.8. The number of anilines is 2. The lowest BCUT2D eigenvalue weighted by atomic mass is 10.1.